The van der Waals surface area contributed by atoms with Crippen LogP contribution in [-0.2, 0) is 10.0 Å². The summed E-state index contributed by atoms with van der Waals surface area (Å²) in [5.41, 5.74) is 1.63. The number of rotatable bonds is 6. The number of benzene rings is 2. The molecular formula is C19H22ClF2N3O3S. The third kappa shape index (κ3) is 5.29. The molecule has 0 saturated carbocycles. The van der Waals surface area contributed by atoms with Crippen LogP contribution in [0.3, 0.4) is 0 Å². The number of alkyl halides is 2. The Balaban J connectivity index is 1.91. The van der Waals surface area contributed by atoms with Crippen LogP contribution in [0.2, 0.25) is 5.02 Å². The molecule has 0 aromatic heterocycles. The zero-order chi connectivity index (χ0) is 21.2. The molecule has 6 nitrogen and oxygen atoms in total. The second-order valence-corrected chi connectivity index (χ2v) is 8.98. The maximum Gasteiger partial charge on any atom is 0.387 e. The first-order valence-electron chi connectivity index (χ1n) is 8.97. The first-order chi connectivity index (χ1) is 13.7. The molecule has 1 fully saturated rings. The van der Waals surface area contributed by atoms with E-state index in [-0.39, 0.29) is 21.4 Å². The quantitative estimate of drug-likeness (QED) is 0.732. The zero-order valence-electron chi connectivity index (χ0n) is 16.0. The van der Waals surface area contributed by atoms with Crippen LogP contribution < -0.4 is 14.4 Å². The van der Waals surface area contributed by atoms with Crippen LogP contribution in [0.4, 0.5) is 20.2 Å². The standard InChI is InChI=1S/C19H22ClF2N3O3S/c1-13-3-5-15(12-17(13)25-9-7-24(2)8-10-25)29(26,27)23-16-11-14(20)4-6-18(16)28-19(21)22/h3-6,11-12,19,23H,7-10H2,1-2H3. The molecule has 1 N–H and O–H groups in total. The van der Waals surface area contributed by atoms with Crippen molar-refractivity contribution in [1.82, 2.24) is 4.90 Å². The topological polar surface area (TPSA) is 61.9 Å². The van der Waals surface area contributed by atoms with Crippen LogP contribution in [0.15, 0.2) is 41.3 Å². The van der Waals surface area contributed by atoms with Gasteiger partial charge in [0.2, 0.25) is 0 Å². The van der Waals surface area contributed by atoms with Crippen molar-refractivity contribution in [2.75, 3.05) is 42.8 Å². The highest BCUT2D eigenvalue weighted by Gasteiger charge is 2.22. The van der Waals surface area contributed by atoms with Gasteiger partial charge < -0.3 is 14.5 Å². The van der Waals surface area contributed by atoms with Crippen molar-refractivity contribution in [3.8, 4) is 5.75 Å². The van der Waals surface area contributed by atoms with Crippen molar-refractivity contribution in [3.05, 3.63) is 47.0 Å². The number of aryl methyl sites for hydroxylation is 1. The van der Waals surface area contributed by atoms with Crippen molar-refractivity contribution in [3.63, 3.8) is 0 Å². The number of ether oxygens (including phenoxy) is 1. The third-order valence-electron chi connectivity index (χ3n) is 4.74. The molecule has 0 unspecified atom stereocenters. The van der Waals surface area contributed by atoms with Gasteiger partial charge in [-0.1, -0.05) is 17.7 Å². The molecule has 3 rings (SSSR count). The van der Waals surface area contributed by atoms with Gasteiger partial charge in [-0.15, -0.1) is 0 Å². The van der Waals surface area contributed by atoms with E-state index in [1.165, 1.54) is 24.3 Å². The minimum atomic E-state index is -4.05. The van der Waals surface area contributed by atoms with E-state index in [1.54, 1.807) is 12.1 Å². The largest absolute Gasteiger partial charge is 0.433 e. The molecule has 0 amide bonds. The minimum Gasteiger partial charge on any atom is -0.433 e. The summed E-state index contributed by atoms with van der Waals surface area (Å²) in [6.07, 6.45) is 0. The number of hydrogen-bond donors (Lipinski definition) is 1. The molecule has 29 heavy (non-hydrogen) atoms. The van der Waals surface area contributed by atoms with Crippen molar-refractivity contribution < 1.29 is 21.9 Å². The number of anilines is 2. The van der Waals surface area contributed by atoms with E-state index < -0.39 is 16.6 Å². The monoisotopic (exact) mass is 445 g/mol. The van der Waals surface area contributed by atoms with Gasteiger partial charge in [0, 0.05) is 36.9 Å². The molecule has 10 heteroatoms. The number of sulfonamides is 1. The maximum absolute atomic E-state index is 12.9. The molecule has 1 saturated heterocycles. The lowest BCUT2D eigenvalue weighted by Crippen LogP contribution is -2.44. The summed E-state index contributed by atoms with van der Waals surface area (Å²) in [5, 5.41) is 0.186. The lowest BCUT2D eigenvalue weighted by Gasteiger charge is -2.35. The summed E-state index contributed by atoms with van der Waals surface area (Å²) in [7, 11) is -2.01. The smallest absolute Gasteiger partial charge is 0.387 e. The van der Waals surface area contributed by atoms with Gasteiger partial charge in [-0.2, -0.15) is 8.78 Å². The Hall–Kier alpha value is -2.10. The summed E-state index contributed by atoms with van der Waals surface area (Å²) in [6, 6.07) is 8.57. The van der Waals surface area contributed by atoms with Crippen LogP contribution in [-0.4, -0.2) is 53.2 Å². The van der Waals surface area contributed by atoms with Crippen LogP contribution in [0.25, 0.3) is 0 Å². The first-order valence-corrected chi connectivity index (χ1v) is 10.8. The average molecular weight is 446 g/mol. The summed E-state index contributed by atoms with van der Waals surface area (Å²) >= 11 is 5.90. The molecule has 1 aliphatic heterocycles. The lowest BCUT2D eigenvalue weighted by atomic mass is 10.1. The fourth-order valence-corrected chi connectivity index (χ4v) is 4.38. The highest BCUT2D eigenvalue weighted by molar-refractivity contribution is 7.92. The highest BCUT2D eigenvalue weighted by Crippen LogP contribution is 2.32. The van der Waals surface area contributed by atoms with Gasteiger partial charge in [0.15, 0.2) is 0 Å². The molecule has 0 aliphatic carbocycles. The normalized spacial score (nSPS) is 15.6. The van der Waals surface area contributed by atoms with E-state index >= 15 is 0 Å². The molecule has 0 radical (unpaired) electrons. The number of nitrogens with one attached hydrogen (secondary N) is 1. The van der Waals surface area contributed by atoms with Gasteiger partial charge in [-0.3, -0.25) is 4.72 Å². The van der Waals surface area contributed by atoms with E-state index in [1.807, 2.05) is 14.0 Å². The molecule has 0 atom stereocenters. The van der Waals surface area contributed by atoms with Crippen molar-refractivity contribution in [2.24, 2.45) is 0 Å². The molecular weight excluding hydrogens is 424 g/mol. The third-order valence-corrected chi connectivity index (χ3v) is 6.34. The van der Waals surface area contributed by atoms with Gasteiger partial charge in [0.25, 0.3) is 10.0 Å². The van der Waals surface area contributed by atoms with Gasteiger partial charge in [-0.05, 0) is 49.9 Å². The number of likely N-dealkylation sites (N-methyl/N-ethyl adjacent to an activating group) is 1. The molecule has 0 spiro atoms. The van der Waals surface area contributed by atoms with E-state index in [4.69, 9.17) is 11.6 Å². The number of nitrogens with zero attached hydrogens (tertiary/aromatic N) is 2. The first kappa shape index (κ1) is 21.6. The Kier molecular flexibility index (Phi) is 6.50. The van der Waals surface area contributed by atoms with Gasteiger partial charge in [-0.25, -0.2) is 8.42 Å². The van der Waals surface area contributed by atoms with Gasteiger partial charge in [0.05, 0.1) is 10.6 Å². The number of halogens is 3. The summed E-state index contributed by atoms with van der Waals surface area (Å²) in [5.74, 6) is -0.306. The van der Waals surface area contributed by atoms with Gasteiger partial charge >= 0.3 is 6.61 Å². The molecule has 1 heterocycles. The molecule has 158 valence electrons. The van der Waals surface area contributed by atoms with E-state index in [9.17, 15) is 17.2 Å². The second kappa shape index (κ2) is 8.73. The zero-order valence-corrected chi connectivity index (χ0v) is 17.6. The predicted molar refractivity (Wildman–Crippen MR) is 110 cm³/mol. The predicted octanol–water partition coefficient (Wildman–Crippen LogP) is 3.80. The Labute approximate surface area is 174 Å². The SMILES string of the molecule is Cc1ccc(S(=O)(=O)Nc2cc(Cl)ccc2OC(F)F)cc1N1CCN(C)CC1. The Morgan fingerprint density at radius 3 is 2.45 bits per heavy atom. The fraction of sp³-hybridized carbons (Fsp3) is 0.368. The lowest BCUT2D eigenvalue weighted by molar-refractivity contribution is -0.0493. The second-order valence-electron chi connectivity index (χ2n) is 6.86. The summed E-state index contributed by atoms with van der Waals surface area (Å²) < 4.78 is 57.9. The fourth-order valence-electron chi connectivity index (χ4n) is 3.13. The Bertz CT molecular complexity index is 981. The molecule has 1 aliphatic rings. The highest BCUT2D eigenvalue weighted by atomic mass is 35.5. The Morgan fingerprint density at radius 1 is 1.10 bits per heavy atom. The average Bonchev–Trinajstić information content (AvgIpc) is 2.64. The van der Waals surface area contributed by atoms with E-state index in [0.29, 0.717) is 0 Å². The van der Waals surface area contributed by atoms with Gasteiger partial charge in [0.1, 0.15) is 5.75 Å². The molecule has 0 bridgehead atoms. The number of hydrogen-bond acceptors (Lipinski definition) is 5. The summed E-state index contributed by atoms with van der Waals surface area (Å²) in [4.78, 5) is 4.37. The number of piperazine rings is 1. The molecule has 2 aromatic rings. The Morgan fingerprint density at radius 2 is 1.79 bits per heavy atom. The van der Waals surface area contributed by atoms with Crippen LogP contribution in [0.5, 0.6) is 5.75 Å². The van der Waals surface area contributed by atoms with E-state index in [0.717, 1.165) is 37.4 Å². The summed E-state index contributed by atoms with van der Waals surface area (Å²) in [6.45, 7) is 2.16. The van der Waals surface area contributed by atoms with Crippen molar-refractivity contribution >= 4 is 33.0 Å². The van der Waals surface area contributed by atoms with Crippen molar-refractivity contribution in [2.45, 2.75) is 18.4 Å². The maximum atomic E-state index is 12.9. The van der Waals surface area contributed by atoms with E-state index in [2.05, 4.69) is 19.3 Å². The van der Waals surface area contributed by atoms with Crippen LogP contribution in [0, 0.1) is 6.92 Å². The van der Waals surface area contributed by atoms with Crippen molar-refractivity contribution in [1.29, 1.82) is 0 Å². The minimum absolute atomic E-state index is 0.0278. The molecule has 2 aromatic carbocycles. The van der Waals surface area contributed by atoms with Crippen LogP contribution in [0.1, 0.15) is 5.56 Å². The van der Waals surface area contributed by atoms with Crippen LogP contribution >= 0.6 is 11.6 Å².